The zero-order valence-electron chi connectivity index (χ0n) is 13.2. The van der Waals surface area contributed by atoms with E-state index in [2.05, 4.69) is 10.3 Å². The number of carbonyl (C=O) groups excluding carboxylic acids is 2. The highest BCUT2D eigenvalue weighted by Crippen LogP contribution is 2.40. The lowest BCUT2D eigenvalue weighted by Gasteiger charge is -2.21. The van der Waals surface area contributed by atoms with Gasteiger partial charge in [-0.2, -0.15) is 0 Å². The molecule has 0 spiro atoms. The molecule has 0 atom stereocenters. The highest BCUT2D eigenvalue weighted by Gasteiger charge is 2.37. The number of amides is 2. The quantitative estimate of drug-likeness (QED) is 0.765. The van der Waals surface area contributed by atoms with E-state index < -0.39 is 11.8 Å². The number of carbonyl (C=O) groups is 2. The van der Waals surface area contributed by atoms with Gasteiger partial charge in [-0.25, -0.2) is 4.98 Å². The van der Waals surface area contributed by atoms with Crippen LogP contribution in [0.15, 0.2) is 34.2 Å². The molecule has 0 saturated heterocycles. The van der Waals surface area contributed by atoms with E-state index in [-0.39, 0.29) is 21.6 Å². The van der Waals surface area contributed by atoms with E-state index in [0.717, 1.165) is 4.90 Å². The van der Waals surface area contributed by atoms with Gasteiger partial charge in [-0.05, 0) is 24.3 Å². The summed E-state index contributed by atoms with van der Waals surface area (Å²) >= 11 is 13.6. The van der Waals surface area contributed by atoms with Crippen molar-refractivity contribution in [2.45, 2.75) is 36.1 Å². The van der Waals surface area contributed by atoms with Gasteiger partial charge in [0.05, 0.1) is 21.8 Å². The van der Waals surface area contributed by atoms with Crippen molar-refractivity contribution in [3.05, 3.63) is 51.1 Å². The van der Waals surface area contributed by atoms with E-state index in [1.807, 2.05) is 32.9 Å². The van der Waals surface area contributed by atoms with Crippen LogP contribution < -0.4 is 5.32 Å². The maximum Gasteiger partial charge on any atom is 0.261 e. The number of benzene rings is 1. The van der Waals surface area contributed by atoms with Gasteiger partial charge >= 0.3 is 0 Å². The van der Waals surface area contributed by atoms with Crippen molar-refractivity contribution in [3.63, 3.8) is 0 Å². The SMILES string of the molecule is CC(C)(C)c1nc(Sc2ccc(Cl)cc2)c2c(c1Cl)C(=O)NC2=O. The minimum Gasteiger partial charge on any atom is -0.288 e. The Morgan fingerprint density at radius 2 is 1.58 bits per heavy atom. The van der Waals surface area contributed by atoms with Gasteiger partial charge in [-0.15, -0.1) is 0 Å². The van der Waals surface area contributed by atoms with Gasteiger partial charge < -0.3 is 0 Å². The fourth-order valence-corrected chi connectivity index (χ4v) is 3.94. The lowest BCUT2D eigenvalue weighted by atomic mass is 9.90. The van der Waals surface area contributed by atoms with Gasteiger partial charge in [0, 0.05) is 15.3 Å². The first-order chi connectivity index (χ1) is 11.2. The van der Waals surface area contributed by atoms with Crippen molar-refractivity contribution in [1.29, 1.82) is 0 Å². The van der Waals surface area contributed by atoms with Gasteiger partial charge in [-0.1, -0.05) is 55.7 Å². The van der Waals surface area contributed by atoms with Crippen molar-refractivity contribution in [1.82, 2.24) is 10.3 Å². The first-order valence-corrected chi connectivity index (χ1v) is 8.79. The molecule has 24 heavy (non-hydrogen) atoms. The summed E-state index contributed by atoms with van der Waals surface area (Å²) in [4.78, 5) is 29.8. The van der Waals surface area contributed by atoms with E-state index in [4.69, 9.17) is 23.2 Å². The number of hydrogen-bond acceptors (Lipinski definition) is 4. The topological polar surface area (TPSA) is 59.1 Å². The first kappa shape index (κ1) is 17.3. The van der Waals surface area contributed by atoms with Crippen molar-refractivity contribution in [3.8, 4) is 0 Å². The van der Waals surface area contributed by atoms with Gasteiger partial charge in [-0.3, -0.25) is 14.9 Å². The molecule has 1 aliphatic rings. The second-order valence-electron chi connectivity index (χ2n) is 6.42. The summed E-state index contributed by atoms with van der Waals surface area (Å²) in [6.45, 7) is 5.87. The molecule has 1 aromatic carbocycles. The Labute approximate surface area is 153 Å². The number of imide groups is 1. The standard InChI is InChI=1S/C17H14Cl2N2O2S/c1-17(2,3)13-12(19)10-11(15(23)21-14(10)22)16(20-13)24-9-6-4-8(18)5-7-9/h4-7H,1-3H3,(H,21,22,23). The van der Waals surface area contributed by atoms with Crippen LogP contribution in [0.2, 0.25) is 10.0 Å². The largest absolute Gasteiger partial charge is 0.288 e. The Morgan fingerprint density at radius 1 is 1.00 bits per heavy atom. The molecule has 1 N–H and O–H groups in total. The molecular weight excluding hydrogens is 367 g/mol. The predicted molar refractivity (Wildman–Crippen MR) is 95.3 cm³/mol. The van der Waals surface area contributed by atoms with Crippen molar-refractivity contribution in [2.75, 3.05) is 0 Å². The smallest absolute Gasteiger partial charge is 0.261 e. The Bertz CT molecular complexity index is 858. The number of pyridine rings is 1. The van der Waals surface area contributed by atoms with Crippen LogP contribution in [0.3, 0.4) is 0 Å². The summed E-state index contributed by atoms with van der Waals surface area (Å²) in [7, 11) is 0. The van der Waals surface area contributed by atoms with Crippen molar-refractivity contribution in [2.24, 2.45) is 0 Å². The van der Waals surface area contributed by atoms with Crippen LogP contribution in [0.5, 0.6) is 0 Å². The Morgan fingerprint density at radius 3 is 2.17 bits per heavy atom. The van der Waals surface area contributed by atoms with E-state index in [1.165, 1.54) is 11.8 Å². The third kappa shape index (κ3) is 3.04. The normalized spacial score (nSPS) is 13.9. The molecule has 0 bridgehead atoms. The van der Waals surface area contributed by atoms with Crippen molar-refractivity contribution < 1.29 is 9.59 Å². The van der Waals surface area contributed by atoms with Gasteiger partial charge in [0.25, 0.3) is 11.8 Å². The molecule has 124 valence electrons. The Hall–Kier alpha value is -1.56. The zero-order valence-corrected chi connectivity index (χ0v) is 15.6. The molecule has 1 aliphatic heterocycles. The van der Waals surface area contributed by atoms with Gasteiger partial charge in [0.1, 0.15) is 5.03 Å². The average molecular weight is 381 g/mol. The van der Waals surface area contributed by atoms with E-state index in [1.54, 1.807) is 12.1 Å². The fourth-order valence-electron chi connectivity index (χ4n) is 2.38. The second-order valence-corrected chi connectivity index (χ2v) is 8.30. The molecule has 1 aromatic heterocycles. The minimum atomic E-state index is -0.481. The second kappa shape index (κ2) is 6.06. The predicted octanol–water partition coefficient (Wildman–Crippen LogP) is 4.72. The van der Waals surface area contributed by atoms with Crippen LogP contribution >= 0.6 is 35.0 Å². The first-order valence-electron chi connectivity index (χ1n) is 7.21. The van der Waals surface area contributed by atoms with E-state index in [0.29, 0.717) is 15.7 Å². The lowest BCUT2D eigenvalue weighted by molar-refractivity contribution is 0.0878. The number of nitrogens with zero attached hydrogens (tertiary/aromatic N) is 1. The molecule has 0 saturated carbocycles. The molecule has 2 heterocycles. The van der Waals surface area contributed by atoms with Gasteiger partial charge in [0.2, 0.25) is 0 Å². The summed E-state index contributed by atoms with van der Waals surface area (Å²) in [5, 5.41) is 3.62. The highest BCUT2D eigenvalue weighted by atomic mass is 35.5. The van der Waals surface area contributed by atoms with E-state index in [9.17, 15) is 9.59 Å². The molecular formula is C17H14Cl2N2O2S. The van der Waals surface area contributed by atoms with Crippen LogP contribution in [-0.4, -0.2) is 16.8 Å². The van der Waals surface area contributed by atoms with Crippen LogP contribution in [0.25, 0.3) is 0 Å². The van der Waals surface area contributed by atoms with Crippen molar-refractivity contribution >= 4 is 46.8 Å². The molecule has 0 aliphatic carbocycles. The molecule has 4 nitrogen and oxygen atoms in total. The molecule has 7 heteroatoms. The summed E-state index contributed by atoms with van der Waals surface area (Å²) in [5.74, 6) is -0.952. The summed E-state index contributed by atoms with van der Waals surface area (Å²) < 4.78 is 0. The Balaban J connectivity index is 2.20. The summed E-state index contributed by atoms with van der Waals surface area (Å²) in [6.07, 6.45) is 0. The maximum absolute atomic E-state index is 12.2. The van der Waals surface area contributed by atoms with Crippen LogP contribution in [0.1, 0.15) is 47.2 Å². The number of nitrogens with one attached hydrogen (secondary N) is 1. The number of aromatic nitrogens is 1. The maximum atomic E-state index is 12.2. The monoisotopic (exact) mass is 380 g/mol. The highest BCUT2D eigenvalue weighted by molar-refractivity contribution is 7.99. The lowest BCUT2D eigenvalue weighted by Crippen LogP contribution is -2.20. The summed E-state index contributed by atoms with van der Waals surface area (Å²) in [5.41, 5.74) is 0.660. The number of rotatable bonds is 2. The number of halogens is 2. The minimum absolute atomic E-state index is 0.207. The Kier molecular flexibility index (Phi) is 4.36. The van der Waals surface area contributed by atoms with Crippen LogP contribution in [0.4, 0.5) is 0 Å². The fraction of sp³-hybridized carbons (Fsp3) is 0.235. The third-order valence-corrected chi connectivity index (χ3v) is 5.14. The molecule has 3 rings (SSSR count). The molecule has 0 fully saturated rings. The molecule has 2 amide bonds. The number of fused-ring (bicyclic) bond motifs is 1. The van der Waals surface area contributed by atoms with Gasteiger partial charge in [0.15, 0.2) is 0 Å². The van der Waals surface area contributed by atoms with Crippen LogP contribution in [-0.2, 0) is 5.41 Å². The zero-order chi connectivity index (χ0) is 17.6. The van der Waals surface area contributed by atoms with E-state index >= 15 is 0 Å². The third-order valence-electron chi connectivity index (χ3n) is 3.52. The van der Waals surface area contributed by atoms with Crippen LogP contribution in [0, 0.1) is 0 Å². The summed E-state index contributed by atoms with van der Waals surface area (Å²) in [6, 6.07) is 7.19. The molecule has 0 radical (unpaired) electrons. The average Bonchev–Trinajstić information content (AvgIpc) is 2.78. The molecule has 0 unspecified atom stereocenters. The molecule has 2 aromatic rings. The number of hydrogen-bond donors (Lipinski definition) is 1.